The maximum absolute atomic E-state index is 12.0. The van der Waals surface area contributed by atoms with Crippen molar-refractivity contribution >= 4 is 18.0 Å². The fraction of sp³-hybridized carbons (Fsp3) is 0.800. The number of esters is 1. The number of rotatable bonds is 3. The van der Waals surface area contributed by atoms with E-state index in [1.54, 1.807) is 0 Å². The second-order valence-electron chi connectivity index (χ2n) is 6.84. The van der Waals surface area contributed by atoms with E-state index >= 15 is 0 Å². The van der Waals surface area contributed by atoms with Crippen molar-refractivity contribution in [3.8, 4) is 0 Å². The van der Waals surface area contributed by atoms with Crippen molar-refractivity contribution in [1.82, 2.24) is 5.43 Å². The minimum Gasteiger partial charge on any atom is -0.455 e. The second-order valence-corrected chi connectivity index (χ2v) is 6.84. The summed E-state index contributed by atoms with van der Waals surface area (Å²) in [5.74, 6) is -0.165. The van der Waals surface area contributed by atoms with Gasteiger partial charge in [0.15, 0.2) is 0 Å². The van der Waals surface area contributed by atoms with Gasteiger partial charge in [0.25, 0.3) is 0 Å². The first-order valence-corrected chi connectivity index (χ1v) is 7.40. The van der Waals surface area contributed by atoms with Crippen LogP contribution in [0.25, 0.3) is 0 Å². The summed E-state index contributed by atoms with van der Waals surface area (Å²) in [6.07, 6.45) is 6.82. The first-order valence-electron chi connectivity index (χ1n) is 7.40. The summed E-state index contributed by atoms with van der Waals surface area (Å²) in [6, 6.07) is 0. The van der Waals surface area contributed by atoms with E-state index in [1.165, 1.54) is 6.42 Å². The smallest absolute Gasteiger partial charge is 0.355 e. The van der Waals surface area contributed by atoms with Crippen LogP contribution in [0, 0.1) is 5.92 Å². The summed E-state index contributed by atoms with van der Waals surface area (Å²) < 4.78 is 5.32. The van der Waals surface area contributed by atoms with E-state index in [9.17, 15) is 9.59 Å². The van der Waals surface area contributed by atoms with Gasteiger partial charge in [-0.2, -0.15) is 5.10 Å². The Balaban J connectivity index is 2.04. The van der Waals surface area contributed by atoms with Crippen molar-refractivity contribution in [2.45, 2.75) is 70.4 Å². The summed E-state index contributed by atoms with van der Waals surface area (Å²) in [7, 11) is 0. The van der Waals surface area contributed by atoms with Gasteiger partial charge in [-0.15, -0.1) is 0 Å². The molecule has 0 aromatic heterocycles. The van der Waals surface area contributed by atoms with Crippen LogP contribution in [0.1, 0.15) is 59.3 Å². The summed E-state index contributed by atoms with van der Waals surface area (Å²) in [4.78, 5) is 23.6. The Bertz CT molecular complexity index is 419. The van der Waals surface area contributed by atoms with Gasteiger partial charge < -0.3 is 9.53 Å². The van der Waals surface area contributed by atoms with Gasteiger partial charge in [0.2, 0.25) is 0 Å². The molecule has 2 rings (SSSR count). The standard InChI is InChI=1S/C15H24N2O3/c1-14(2,3)20-13(19)12-9-15(10-18,17-16-12)11-7-5-4-6-8-11/h10-11,17H,4-9H2,1-3H3/t15-/m1/s1. The summed E-state index contributed by atoms with van der Waals surface area (Å²) >= 11 is 0. The molecule has 0 unspecified atom stereocenters. The lowest BCUT2D eigenvalue weighted by Gasteiger charge is -2.34. The van der Waals surface area contributed by atoms with Gasteiger partial charge in [-0.1, -0.05) is 19.3 Å². The minimum atomic E-state index is -0.702. The molecule has 0 spiro atoms. The normalized spacial score (nSPS) is 27.6. The number of nitrogens with one attached hydrogen (secondary N) is 1. The van der Waals surface area contributed by atoms with Crippen LogP contribution in [0.5, 0.6) is 0 Å². The molecule has 5 nitrogen and oxygen atoms in total. The van der Waals surface area contributed by atoms with Crippen molar-refractivity contribution in [1.29, 1.82) is 0 Å². The lowest BCUT2D eigenvalue weighted by Crippen LogP contribution is -2.49. The number of ether oxygens (including phenoxy) is 1. The first-order chi connectivity index (χ1) is 9.36. The molecule has 5 heteroatoms. The van der Waals surface area contributed by atoms with Crippen LogP contribution in [0.3, 0.4) is 0 Å². The molecule has 0 aromatic carbocycles. The highest BCUT2D eigenvalue weighted by molar-refractivity contribution is 6.37. The summed E-state index contributed by atoms with van der Waals surface area (Å²) in [5.41, 5.74) is 2.01. The molecule has 0 bridgehead atoms. The minimum absolute atomic E-state index is 0.262. The third-order valence-electron chi connectivity index (χ3n) is 4.04. The monoisotopic (exact) mass is 280 g/mol. The van der Waals surface area contributed by atoms with E-state index in [4.69, 9.17) is 4.74 Å². The molecule has 112 valence electrons. The van der Waals surface area contributed by atoms with E-state index in [1.807, 2.05) is 20.8 Å². The topological polar surface area (TPSA) is 67.8 Å². The zero-order valence-electron chi connectivity index (χ0n) is 12.6. The molecular formula is C15H24N2O3. The van der Waals surface area contributed by atoms with Crippen LogP contribution >= 0.6 is 0 Å². The summed E-state index contributed by atoms with van der Waals surface area (Å²) in [5, 5.41) is 4.08. The predicted octanol–water partition coefficient (Wildman–Crippen LogP) is 2.20. The molecule has 1 fully saturated rings. The number of hydrazone groups is 1. The maximum atomic E-state index is 12.0. The Labute approximate surface area is 120 Å². The third-order valence-corrected chi connectivity index (χ3v) is 4.04. The van der Waals surface area contributed by atoms with Gasteiger partial charge in [-0.05, 0) is 39.5 Å². The predicted molar refractivity (Wildman–Crippen MR) is 76.4 cm³/mol. The lowest BCUT2D eigenvalue weighted by atomic mass is 9.74. The van der Waals surface area contributed by atoms with Gasteiger partial charge in [0.1, 0.15) is 23.1 Å². The Hall–Kier alpha value is -1.39. The molecule has 1 heterocycles. The van der Waals surface area contributed by atoms with Crippen molar-refractivity contribution in [3.05, 3.63) is 0 Å². The molecule has 1 N–H and O–H groups in total. The Kier molecular flexibility index (Phi) is 4.16. The molecule has 1 atom stereocenters. The van der Waals surface area contributed by atoms with E-state index in [-0.39, 0.29) is 5.92 Å². The van der Waals surface area contributed by atoms with Gasteiger partial charge in [0, 0.05) is 6.42 Å². The number of aldehydes is 1. The average molecular weight is 280 g/mol. The zero-order chi connectivity index (χ0) is 14.8. The molecule has 1 aliphatic carbocycles. The van der Waals surface area contributed by atoms with E-state index in [0.717, 1.165) is 32.0 Å². The van der Waals surface area contributed by atoms with Crippen LogP contribution in [0.2, 0.25) is 0 Å². The largest absolute Gasteiger partial charge is 0.455 e. The molecule has 0 aromatic rings. The average Bonchev–Trinajstić information content (AvgIpc) is 2.84. The van der Waals surface area contributed by atoms with Crippen LogP contribution in [-0.2, 0) is 14.3 Å². The highest BCUT2D eigenvalue weighted by Gasteiger charge is 2.45. The number of nitrogens with zero attached hydrogens (tertiary/aromatic N) is 1. The molecular weight excluding hydrogens is 256 g/mol. The molecule has 20 heavy (non-hydrogen) atoms. The molecule has 2 aliphatic rings. The summed E-state index contributed by atoms with van der Waals surface area (Å²) in [6.45, 7) is 5.46. The number of carbonyl (C=O) groups is 2. The van der Waals surface area contributed by atoms with Crippen LogP contribution in [-0.4, -0.2) is 29.1 Å². The second kappa shape index (κ2) is 5.54. The van der Waals surface area contributed by atoms with Crippen LogP contribution < -0.4 is 5.43 Å². The fourth-order valence-corrected chi connectivity index (χ4v) is 3.00. The van der Waals surface area contributed by atoms with E-state index in [0.29, 0.717) is 12.1 Å². The lowest BCUT2D eigenvalue weighted by molar-refractivity contribution is -0.146. The van der Waals surface area contributed by atoms with E-state index < -0.39 is 17.1 Å². The van der Waals surface area contributed by atoms with Crippen LogP contribution in [0.4, 0.5) is 0 Å². The quantitative estimate of drug-likeness (QED) is 0.635. The van der Waals surface area contributed by atoms with Gasteiger partial charge in [0.05, 0.1) is 0 Å². The first kappa shape index (κ1) is 15.0. The van der Waals surface area contributed by atoms with Crippen molar-refractivity contribution in [2.24, 2.45) is 11.0 Å². The molecule has 0 amide bonds. The highest BCUT2D eigenvalue weighted by Crippen LogP contribution is 2.36. The Morgan fingerprint density at radius 3 is 2.55 bits per heavy atom. The van der Waals surface area contributed by atoms with Crippen molar-refractivity contribution in [2.75, 3.05) is 0 Å². The van der Waals surface area contributed by atoms with Crippen LogP contribution in [0.15, 0.2) is 5.10 Å². The van der Waals surface area contributed by atoms with Gasteiger partial charge in [-0.25, -0.2) is 4.79 Å². The maximum Gasteiger partial charge on any atom is 0.355 e. The number of hydrogen-bond donors (Lipinski definition) is 1. The van der Waals surface area contributed by atoms with Crippen molar-refractivity contribution in [3.63, 3.8) is 0 Å². The SMILES string of the molecule is CC(C)(C)OC(=O)C1=NN[C@](C=O)(C2CCCCC2)C1. The van der Waals surface area contributed by atoms with Gasteiger partial charge in [-0.3, -0.25) is 5.43 Å². The Morgan fingerprint density at radius 2 is 2.00 bits per heavy atom. The van der Waals surface area contributed by atoms with E-state index in [2.05, 4.69) is 10.5 Å². The molecule has 0 saturated heterocycles. The number of carbonyl (C=O) groups excluding carboxylic acids is 2. The molecule has 1 saturated carbocycles. The third kappa shape index (κ3) is 3.19. The number of hydrogen-bond acceptors (Lipinski definition) is 5. The Morgan fingerprint density at radius 1 is 1.35 bits per heavy atom. The molecule has 0 radical (unpaired) electrons. The van der Waals surface area contributed by atoms with Crippen molar-refractivity contribution < 1.29 is 14.3 Å². The molecule has 1 aliphatic heterocycles. The fourth-order valence-electron chi connectivity index (χ4n) is 3.00. The highest BCUT2D eigenvalue weighted by atomic mass is 16.6. The van der Waals surface area contributed by atoms with Gasteiger partial charge >= 0.3 is 5.97 Å². The zero-order valence-corrected chi connectivity index (χ0v) is 12.6.